The Labute approximate surface area is 120 Å². The van der Waals surface area contributed by atoms with Crippen molar-refractivity contribution in [1.82, 2.24) is 24.7 Å². The zero-order valence-corrected chi connectivity index (χ0v) is 12.4. The summed E-state index contributed by atoms with van der Waals surface area (Å²) in [5.41, 5.74) is 2.69. The first-order valence-electron chi connectivity index (χ1n) is 6.39. The fourth-order valence-corrected chi connectivity index (χ4v) is 2.75. The molecule has 20 heavy (non-hydrogen) atoms. The Morgan fingerprint density at radius 1 is 1.35 bits per heavy atom. The largest absolute Gasteiger partial charge is 0.333 e. The maximum atomic E-state index is 5.31. The van der Waals surface area contributed by atoms with Crippen LogP contribution in [0.4, 0.5) is 0 Å². The van der Waals surface area contributed by atoms with Crippen LogP contribution in [0.3, 0.4) is 0 Å². The summed E-state index contributed by atoms with van der Waals surface area (Å²) >= 11 is 1.51. The number of thiazole rings is 1. The minimum absolute atomic E-state index is 0.361. The van der Waals surface area contributed by atoms with Gasteiger partial charge in [0.2, 0.25) is 0 Å². The fourth-order valence-electron chi connectivity index (χ4n) is 2.03. The number of aromatic nitrogens is 5. The summed E-state index contributed by atoms with van der Waals surface area (Å²) in [6, 6.07) is 0. The lowest BCUT2D eigenvalue weighted by Gasteiger charge is -2.07. The second-order valence-corrected chi connectivity index (χ2v) is 5.71. The molecule has 0 N–H and O–H groups in total. The van der Waals surface area contributed by atoms with Gasteiger partial charge in [0, 0.05) is 18.3 Å². The van der Waals surface area contributed by atoms with Gasteiger partial charge in [-0.2, -0.15) is 4.98 Å². The van der Waals surface area contributed by atoms with E-state index >= 15 is 0 Å². The van der Waals surface area contributed by atoms with Gasteiger partial charge in [-0.1, -0.05) is 19.0 Å². The monoisotopic (exact) mass is 289 g/mol. The van der Waals surface area contributed by atoms with E-state index in [1.54, 1.807) is 11.7 Å². The van der Waals surface area contributed by atoms with E-state index in [1.165, 1.54) is 11.3 Å². The van der Waals surface area contributed by atoms with Gasteiger partial charge in [0.1, 0.15) is 10.7 Å². The van der Waals surface area contributed by atoms with Crippen LogP contribution in [0.15, 0.2) is 22.4 Å². The first kappa shape index (κ1) is 13.0. The Kier molecular flexibility index (Phi) is 3.35. The van der Waals surface area contributed by atoms with Gasteiger partial charge in [0.05, 0.1) is 17.7 Å². The van der Waals surface area contributed by atoms with Gasteiger partial charge in [-0.05, 0) is 6.92 Å². The summed E-state index contributed by atoms with van der Waals surface area (Å²) in [6.45, 7) is 6.72. The molecule has 6 nitrogen and oxygen atoms in total. The highest BCUT2D eigenvalue weighted by Crippen LogP contribution is 2.25. The van der Waals surface area contributed by atoms with E-state index in [2.05, 4.69) is 34.0 Å². The van der Waals surface area contributed by atoms with E-state index < -0.39 is 0 Å². The normalized spacial score (nSPS) is 11.4. The minimum atomic E-state index is 0.361. The molecule has 0 atom stereocenters. The highest BCUT2D eigenvalue weighted by Gasteiger charge is 2.15. The lowest BCUT2D eigenvalue weighted by molar-refractivity contribution is 0.420. The van der Waals surface area contributed by atoms with Crippen LogP contribution >= 0.6 is 11.3 Å². The number of rotatable bonds is 4. The lowest BCUT2D eigenvalue weighted by atomic mass is 10.2. The van der Waals surface area contributed by atoms with Crippen molar-refractivity contribution in [2.45, 2.75) is 33.2 Å². The highest BCUT2D eigenvalue weighted by atomic mass is 32.1. The van der Waals surface area contributed by atoms with Gasteiger partial charge in [-0.15, -0.1) is 11.3 Å². The van der Waals surface area contributed by atoms with Crippen molar-refractivity contribution < 1.29 is 4.52 Å². The van der Waals surface area contributed by atoms with Crippen LogP contribution in [0.25, 0.3) is 10.8 Å². The molecular weight excluding hydrogens is 274 g/mol. The molecule has 3 rings (SSSR count). The summed E-state index contributed by atoms with van der Waals surface area (Å²) < 4.78 is 7.36. The Balaban J connectivity index is 1.84. The molecule has 0 unspecified atom stereocenters. The van der Waals surface area contributed by atoms with Crippen LogP contribution in [0.1, 0.15) is 37.1 Å². The first-order valence-corrected chi connectivity index (χ1v) is 7.27. The molecule has 0 bridgehead atoms. The topological polar surface area (TPSA) is 69.6 Å². The zero-order valence-electron chi connectivity index (χ0n) is 11.6. The Bertz CT molecular complexity index is 712. The van der Waals surface area contributed by atoms with Gasteiger partial charge < -0.3 is 9.09 Å². The predicted molar refractivity (Wildman–Crippen MR) is 75.6 cm³/mol. The van der Waals surface area contributed by atoms with E-state index in [0.717, 1.165) is 16.4 Å². The van der Waals surface area contributed by atoms with Crippen molar-refractivity contribution in [1.29, 1.82) is 0 Å². The lowest BCUT2D eigenvalue weighted by Crippen LogP contribution is -2.06. The third-order valence-corrected chi connectivity index (χ3v) is 3.90. The number of imidazole rings is 1. The molecule has 0 amide bonds. The zero-order chi connectivity index (χ0) is 14.1. The molecule has 0 aliphatic carbocycles. The Morgan fingerprint density at radius 3 is 2.90 bits per heavy atom. The summed E-state index contributed by atoms with van der Waals surface area (Å²) in [6.07, 6.45) is 3.73. The van der Waals surface area contributed by atoms with Gasteiger partial charge in [0.25, 0.3) is 5.89 Å². The van der Waals surface area contributed by atoms with Crippen LogP contribution < -0.4 is 0 Å². The average molecular weight is 289 g/mol. The Morgan fingerprint density at radius 2 is 2.20 bits per heavy atom. The third kappa shape index (κ3) is 2.36. The molecular formula is C13H15N5OS. The Hall–Kier alpha value is -2.02. The van der Waals surface area contributed by atoms with Gasteiger partial charge >= 0.3 is 0 Å². The molecule has 7 heteroatoms. The van der Waals surface area contributed by atoms with Crippen LogP contribution in [-0.2, 0) is 6.54 Å². The summed E-state index contributed by atoms with van der Waals surface area (Å²) in [5.74, 6) is 2.56. The quantitative estimate of drug-likeness (QED) is 0.738. The van der Waals surface area contributed by atoms with Crippen molar-refractivity contribution in [3.05, 3.63) is 35.2 Å². The number of nitrogens with zero attached hydrogens (tertiary/aromatic N) is 5. The first-order chi connectivity index (χ1) is 9.65. The van der Waals surface area contributed by atoms with Gasteiger partial charge in [-0.3, -0.25) is 0 Å². The summed E-state index contributed by atoms with van der Waals surface area (Å²) in [4.78, 5) is 13.9. The number of hydrogen-bond donors (Lipinski definition) is 0. The van der Waals surface area contributed by atoms with Crippen LogP contribution in [0.5, 0.6) is 0 Å². The molecule has 0 saturated carbocycles. The molecule has 0 aromatic carbocycles. The molecule has 0 radical (unpaired) electrons. The van der Waals surface area contributed by atoms with Crippen molar-refractivity contribution in [3.8, 4) is 10.8 Å². The van der Waals surface area contributed by atoms with Crippen LogP contribution in [0.2, 0.25) is 0 Å². The smallest absolute Gasteiger partial charge is 0.269 e. The molecule has 0 aliphatic rings. The molecule has 0 aliphatic heterocycles. The molecule has 3 heterocycles. The maximum absolute atomic E-state index is 5.31. The van der Waals surface area contributed by atoms with Crippen LogP contribution in [0, 0.1) is 6.92 Å². The molecule has 104 valence electrons. The van der Waals surface area contributed by atoms with E-state index in [9.17, 15) is 0 Å². The SMILES string of the molecule is Cc1ncsc1-c1nc(Cn2ccnc2C(C)C)no1. The highest BCUT2D eigenvalue weighted by molar-refractivity contribution is 7.13. The fraction of sp³-hybridized carbons (Fsp3) is 0.385. The van der Waals surface area contributed by atoms with Crippen molar-refractivity contribution in [3.63, 3.8) is 0 Å². The maximum Gasteiger partial charge on any atom is 0.269 e. The standard InChI is InChI=1S/C13H15N5OS/c1-8(2)12-14-4-5-18(12)6-10-16-13(19-17-10)11-9(3)15-7-20-11/h4-5,7-8H,6H2,1-3H3. The van der Waals surface area contributed by atoms with Crippen molar-refractivity contribution in [2.75, 3.05) is 0 Å². The molecule has 0 saturated heterocycles. The molecule has 0 spiro atoms. The van der Waals surface area contributed by atoms with Gasteiger partial charge in [0.15, 0.2) is 5.82 Å². The van der Waals surface area contributed by atoms with Crippen molar-refractivity contribution in [2.24, 2.45) is 0 Å². The van der Waals surface area contributed by atoms with E-state index in [4.69, 9.17) is 4.52 Å². The average Bonchev–Trinajstić information content (AvgIpc) is 3.09. The second kappa shape index (κ2) is 5.16. The molecule has 3 aromatic heterocycles. The van der Waals surface area contributed by atoms with E-state index in [-0.39, 0.29) is 0 Å². The molecule has 3 aromatic rings. The third-order valence-electron chi connectivity index (χ3n) is 2.98. The van der Waals surface area contributed by atoms with E-state index in [1.807, 2.05) is 17.7 Å². The summed E-state index contributed by atoms with van der Waals surface area (Å²) in [5, 5.41) is 4.03. The predicted octanol–water partition coefficient (Wildman–Crippen LogP) is 2.87. The summed E-state index contributed by atoms with van der Waals surface area (Å²) in [7, 11) is 0. The van der Waals surface area contributed by atoms with Crippen molar-refractivity contribution >= 4 is 11.3 Å². The minimum Gasteiger partial charge on any atom is -0.333 e. The number of aryl methyl sites for hydroxylation is 1. The molecule has 0 fully saturated rings. The van der Waals surface area contributed by atoms with Gasteiger partial charge in [-0.25, -0.2) is 9.97 Å². The number of hydrogen-bond acceptors (Lipinski definition) is 6. The second-order valence-electron chi connectivity index (χ2n) is 4.85. The van der Waals surface area contributed by atoms with E-state index in [0.29, 0.717) is 24.2 Å². The van der Waals surface area contributed by atoms with Crippen LogP contribution in [-0.4, -0.2) is 24.7 Å².